The number of anilines is 1. The predicted octanol–water partition coefficient (Wildman–Crippen LogP) is 2.33. The third-order valence-corrected chi connectivity index (χ3v) is 3.93. The van der Waals surface area contributed by atoms with Gasteiger partial charge in [-0.2, -0.15) is 13.5 Å². The number of nitrogens with two attached hydrogens (primary N) is 1. The van der Waals surface area contributed by atoms with E-state index in [4.69, 9.17) is 20.5 Å². The fourth-order valence-electron chi connectivity index (χ4n) is 1.85. The Bertz CT molecular complexity index is 999. The summed E-state index contributed by atoms with van der Waals surface area (Å²) in [6, 6.07) is 6.57. The van der Waals surface area contributed by atoms with Crippen LogP contribution in [-0.2, 0) is 10.1 Å². The molecular weight excluding hydrogens is 354 g/mol. The summed E-state index contributed by atoms with van der Waals surface area (Å²) in [5, 5.41) is 25.4. The van der Waals surface area contributed by atoms with Crippen LogP contribution in [0.1, 0.15) is 20.7 Å². The Balaban J connectivity index is 2.50. The van der Waals surface area contributed by atoms with Gasteiger partial charge in [0.25, 0.3) is 10.1 Å². The van der Waals surface area contributed by atoms with Crippen molar-refractivity contribution in [3.05, 3.63) is 47.5 Å². The van der Waals surface area contributed by atoms with Gasteiger partial charge in [-0.25, -0.2) is 9.59 Å². The Labute approximate surface area is 141 Å². The minimum Gasteiger partial charge on any atom is -0.478 e. The van der Waals surface area contributed by atoms with E-state index >= 15 is 0 Å². The first-order valence-corrected chi connectivity index (χ1v) is 7.93. The summed E-state index contributed by atoms with van der Waals surface area (Å²) < 4.78 is 31.5. The van der Waals surface area contributed by atoms with Crippen molar-refractivity contribution in [2.45, 2.75) is 4.90 Å². The molecule has 0 fully saturated rings. The summed E-state index contributed by atoms with van der Waals surface area (Å²) in [5.41, 5.74) is 4.47. The van der Waals surface area contributed by atoms with E-state index in [0.717, 1.165) is 24.3 Å². The molecule has 0 unspecified atom stereocenters. The van der Waals surface area contributed by atoms with Crippen LogP contribution in [0.4, 0.5) is 17.1 Å². The second-order valence-electron chi connectivity index (χ2n) is 4.74. The monoisotopic (exact) mass is 365 g/mol. The normalized spacial score (nSPS) is 11.6. The molecule has 0 aliphatic heterocycles. The van der Waals surface area contributed by atoms with E-state index in [1.807, 2.05) is 0 Å². The molecule has 0 spiro atoms. The van der Waals surface area contributed by atoms with Crippen molar-refractivity contribution in [2.75, 3.05) is 5.73 Å². The lowest BCUT2D eigenvalue weighted by Crippen LogP contribution is -2.02. The molecule has 0 atom stereocenters. The molecule has 0 radical (unpaired) electrons. The van der Waals surface area contributed by atoms with Crippen LogP contribution in [0.5, 0.6) is 0 Å². The van der Waals surface area contributed by atoms with Crippen molar-refractivity contribution >= 4 is 39.1 Å². The Hall–Kier alpha value is -3.31. The summed E-state index contributed by atoms with van der Waals surface area (Å²) >= 11 is 0. The predicted molar refractivity (Wildman–Crippen MR) is 85.2 cm³/mol. The highest BCUT2D eigenvalue weighted by Crippen LogP contribution is 2.27. The molecular formula is C14H11N3O7S. The number of carbonyl (C=O) groups is 2. The van der Waals surface area contributed by atoms with Crippen LogP contribution in [0.2, 0.25) is 0 Å². The number of aromatic carboxylic acids is 2. The summed E-state index contributed by atoms with van der Waals surface area (Å²) in [5.74, 6) is -2.63. The molecule has 0 saturated carbocycles. The lowest BCUT2D eigenvalue weighted by molar-refractivity contribution is 0.0682. The summed E-state index contributed by atoms with van der Waals surface area (Å²) in [6.07, 6.45) is 0. The zero-order valence-corrected chi connectivity index (χ0v) is 13.1. The second-order valence-corrected chi connectivity index (χ2v) is 6.13. The standard InChI is InChI=1S/C14H11N3O7S/c15-10-4-2-8(6-12(10)25(22,23)24)16-17-11-5-7(13(18)19)1-3-9(11)14(20)21/h1-6H,15H2,(H,18,19)(H,20,21)(H,22,23,24). The van der Waals surface area contributed by atoms with E-state index in [9.17, 15) is 18.0 Å². The molecule has 11 heteroatoms. The van der Waals surface area contributed by atoms with Crippen LogP contribution in [-0.4, -0.2) is 35.1 Å². The fourth-order valence-corrected chi connectivity index (χ4v) is 2.48. The van der Waals surface area contributed by atoms with Crippen molar-refractivity contribution in [1.82, 2.24) is 0 Å². The van der Waals surface area contributed by atoms with Gasteiger partial charge in [0.15, 0.2) is 0 Å². The minimum absolute atomic E-state index is 0.0427. The largest absolute Gasteiger partial charge is 0.478 e. The Morgan fingerprint density at radius 3 is 2.20 bits per heavy atom. The average molecular weight is 365 g/mol. The Kier molecular flexibility index (Phi) is 4.81. The maximum absolute atomic E-state index is 11.2. The highest BCUT2D eigenvalue weighted by molar-refractivity contribution is 7.86. The number of nitrogens with zero attached hydrogens (tertiary/aromatic N) is 2. The quantitative estimate of drug-likeness (QED) is 0.354. The number of rotatable bonds is 5. The zero-order valence-electron chi connectivity index (χ0n) is 12.3. The Morgan fingerprint density at radius 2 is 1.64 bits per heavy atom. The molecule has 2 aromatic rings. The first kappa shape index (κ1) is 18.0. The number of carboxylic acids is 2. The molecule has 0 aliphatic rings. The average Bonchev–Trinajstić information content (AvgIpc) is 2.52. The van der Waals surface area contributed by atoms with Gasteiger partial charge in [-0.05, 0) is 36.4 Å². The first-order chi connectivity index (χ1) is 11.6. The molecule has 5 N–H and O–H groups in total. The molecule has 10 nitrogen and oxygen atoms in total. The summed E-state index contributed by atoms with van der Waals surface area (Å²) in [7, 11) is -4.58. The summed E-state index contributed by atoms with van der Waals surface area (Å²) in [4.78, 5) is 21.6. The van der Waals surface area contributed by atoms with Crippen molar-refractivity contribution in [3.8, 4) is 0 Å². The SMILES string of the molecule is Nc1ccc(N=Nc2cc(C(=O)O)ccc2C(=O)O)cc1S(=O)(=O)O. The van der Waals surface area contributed by atoms with E-state index in [1.165, 1.54) is 12.1 Å². The van der Waals surface area contributed by atoms with Crippen molar-refractivity contribution in [3.63, 3.8) is 0 Å². The van der Waals surface area contributed by atoms with Crippen molar-refractivity contribution < 1.29 is 32.8 Å². The maximum atomic E-state index is 11.2. The van der Waals surface area contributed by atoms with E-state index in [1.54, 1.807) is 0 Å². The molecule has 2 aromatic carbocycles. The molecule has 130 valence electrons. The smallest absolute Gasteiger partial charge is 0.337 e. The van der Waals surface area contributed by atoms with E-state index in [0.29, 0.717) is 0 Å². The summed E-state index contributed by atoms with van der Waals surface area (Å²) in [6.45, 7) is 0. The van der Waals surface area contributed by atoms with E-state index in [2.05, 4.69) is 10.2 Å². The molecule has 0 aromatic heterocycles. The van der Waals surface area contributed by atoms with Crippen LogP contribution < -0.4 is 5.73 Å². The third kappa shape index (κ3) is 4.16. The van der Waals surface area contributed by atoms with Crippen molar-refractivity contribution in [1.29, 1.82) is 0 Å². The Morgan fingerprint density at radius 1 is 0.960 bits per heavy atom. The van der Waals surface area contributed by atoms with Gasteiger partial charge in [-0.1, -0.05) is 0 Å². The lowest BCUT2D eigenvalue weighted by atomic mass is 10.1. The molecule has 0 heterocycles. The third-order valence-electron chi connectivity index (χ3n) is 3.02. The molecule has 0 saturated heterocycles. The highest BCUT2D eigenvalue weighted by atomic mass is 32.2. The number of carboxylic acid groups (broad SMARTS) is 2. The number of nitrogen functional groups attached to an aromatic ring is 1. The lowest BCUT2D eigenvalue weighted by Gasteiger charge is -2.04. The molecule has 25 heavy (non-hydrogen) atoms. The fraction of sp³-hybridized carbons (Fsp3) is 0. The van der Waals surface area contributed by atoms with Gasteiger partial charge >= 0.3 is 11.9 Å². The molecule has 0 aliphatic carbocycles. The number of azo groups is 1. The van der Waals surface area contributed by atoms with Gasteiger partial charge in [0.05, 0.1) is 22.5 Å². The molecule has 0 bridgehead atoms. The highest BCUT2D eigenvalue weighted by Gasteiger charge is 2.15. The van der Waals surface area contributed by atoms with Crippen LogP contribution in [0.3, 0.4) is 0 Å². The van der Waals surface area contributed by atoms with Crippen molar-refractivity contribution in [2.24, 2.45) is 10.2 Å². The van der Waals surface area contributed by atoms with Crippen LogP contribution in [0.15, 0.2) is 51.5 Å². The van der Waals surface area contributed by atoms with Crippen LogP contribution in [0, 0.1) is 0 Å². The van der Waals surface area contributed by atoms with Gasteiger partial charge in [-0.15, -0.1) is 5.11 Å². The van der Waals surface area contributed by atoms with E-state index in [-0.39, 0.29) is 28.2 Å². The molecule has 2 rings (SSSR count). The number of hydrogen-bond acceptors (Lipinski definition) is 7. The van der Waals surface area contributed by atoms with Gasteiger partial charge in [0.1, 0.15) is 10.6 Å². The maximum Gasteiger partial charge on any atom is 0.337 e. The second kappa shape index (κ2) is 6.67. The minimum atomic E-state index is -4.58. The van der Waals surface area contributed by atoms with Gasteiger partial charge in [0.2, 0.25) is 0 Å². The van der Waals surface area contributed by atoms with Crippen LogP contribution >= 0.6 is 0 Å². The van der Waals surface area contributed by atoms with Gasteiger partial charge in [0, 0.05) is 0 Å². The number of benzene rings is 2. The number of hydrogen-bond donors (Lipinski definition) is 4. The first-order valence-electron chi connectivity index (χ1n) is 6.49. The van der Waals surface area contributed by atoms with Gasteiger partial charge in [-0.3, -0.25) is 4.55 Å². The van der Waals surface area contributed by atoms with Gasteiger partial charge < -0.3 is 15.9 Å². The topological polar surface area (TPSA) is 180 Å². The molecule has 0 amide bonds. The zero-order chi connectivity index (χ0) is 18.8. The van der Waals surface area contributed by atoms with E-state index < -0.39 is 27.0 Å². The van der Waals surface area contributed by atoms with Crippen LogP contribution in [0.25, 0.3) is 0 Å².